The number of halogens is 1. The Morgan fingerprint density at radius 1 is 1.27 bits per heavy atom. The first kappa shape index (κ1) is 15.1. The van der Waals surface area contributed by atoms with Crippen LogP contribution < -0.4 is 61.8 Å². The van der Waals surface area contributed by atoms with E-state index in [1.165, 1.54) is 12.1 Å². The Morgan fingerprint density at radius 3 is 2.27 bits per heavy atom. The summed E-state index contributed by atoms with van der Waals surface area (Å²) in [6.07, 6.45) is 0. The van der Waals surface area contributed by atoms with E-state index in [4.69, 9.17) is 11.6 Å². The van der Waals surface area contributed by atoms with Gasteiger partial charge in [0, 0.05) is 10.6 Å². The van der Waals surface area contributed by atoms with Crippen LogP contribution in [0.15, 0.2) is 24.3 Å². The maximum atomic E-state index is 11.2. The van der Waals surface area contributed by atoms with E-state index >= 15 is 0 Å². The number of carbonyl (C=O) groups excluding carboxylic acids is 2. The summed E-state index contributed by atoms with van der Waals surface area (Å²) in [4.78, 5) is 21.3. The van der Waals surface area contributed by atoms with Gasteiger partial charge in [0.2, 0.25) is 0 Å². The minimum atomic E-state index is -1.33. The van der Waals surface area contributed by atoms with Crippen LogP contribution in [0.4, 0.5) is 0 Å². The molecule has 0 aromatic heterocycles. The van der Waals surface area contributed by atoms with E-state index < -0.39 is 18.4 Å². The number of amides is 1. The Kier molecular flexibility index (Phi) is 7.42. The molecule has 0 unspecified atom stereocenters. The van der Waals surface area contributed by atoms with Gasteiger partial charge in [0.1, 0.15) is 0 Å². The quantitative estimate of drug-likeness (QED) is 0.576. The number of nitrogens with one attached hydrogen (secondary N) is 1. The van der Waals surface area contributed by atoms with Gasteiger partial charge in [-0.05, 0) is 24.3 Å². The van der Waals surface area contributed by atoms with E-state index in [-0.39, 0.29) is 51.4 Å². The first-order valence-electron chi connectivity index (χ1n) is 3.83. The maximum absolute atomic E-state index is 11.2. The van der Waals surface area contributed by atoms with Crippen molar-refractivity contribution in [3.05, 3.63) is 34.9 Å². The Balaban J connectivity index is 0.00000196. The molecule has 0 saturated carbocycles. The fraction of sp³-hybridized carbons (Fsp3) is 0.111. The number of carboxylic acid groups (broad SMARTS) is 1. The summed E-state index contributed by atoms with van der Waals surface area (Å²) in [5.74, 6) is -1.79. The van der Waals surface area contributed by atoms with E-state index in [1.54, 1.807) is 12.1 Å². The third-order valence-electron chi connectivity index (χ3n) is 1.50. The van der Waals surface area contributed by atoms with Crippen LogP contribution >= 0.6 is 11.6 Å². The molecule has 0 heterocycles. The zero-order valence-corrected chi connectivity index (χ0v) is 12.0. The van der Waals surface area contributed by atoms with Crippen molar-refractivity contribution in [3.8, 4) is 0 Å². The first-order valence-corrected chi connectivity index (χ1v) is 4.21. The van der Waals surface area contributed by atoms with Gasteiger partial charge < -0.3 is 15.2 Å². The van der Waals surface area contributed by atoms with Crippen LogP contribution in [0, 0.1) is 0 Å². The van der Waals surface area contributed by atoms with Crippen LogP contribution in [0.5, 0.6) is 0 Å². The van der Waals surface area contributed by atoms with Crippen molar-refractivity contribution >= 4 is 23.5 Å². The molecule has 1 aromatic carbocycles. The van der Waals surface area contributed by atoms with E-state index in [0.717, 1.165) is 0 Å². The molecule has 0 saturated heterocycles. The Morgan fingerprint density at radius 2 is 1.80 bits per heavy atom. The zero-order valence-electron chi connectivity index (χ0n) is 8.12. The van der Waals surface area contributed by atoms with Crippen molar-refractivity contribution in [3.63, 3.8) is 0 Å². The summed E-state index contributed by atoms with van der Waals surface area (Å²) in [7, 11) is 0. The molecule has 1 rings (SSSR count). The summed E-state index contributed by atoms with van der Waals surface area (Å²) in [5, 5.41) is 12.7. The summed E-state index contributed by atoms with van der Waals surface area (Å²) in [6.45, 7) is -0.499. The van der Waals surface area contributed by atoms with Crippen molar-refractivity contribution in [2.75, 3.05) is 6.54 Å². The van der Waals surface area contributed by atoms with Crippen LogP contribution in [-0.2, 0) is 4.79 Å². The predicted molar refractivity (Wildman–Crippen MR) is 48.8 cm³/mol. The summed E-state index contributed by atoms with van der Waals surface area (Å²) in [6, 6.07) is 6.12. The number of benzene rings is 1. The third kappa shape index (κ3) is 5.65. The fourth-order valence-electron chi connectivity index (χ4n) is 0.856. The van der Waals surface area contributed by atoms with Gasteiger partial charge in [-0.15, -0.1) is 0 Å². The topological polar surface area (TPSA) is 69.2 Å². The average molecular weight is 252 g/mol. The molecule has 0 aliphatic carbocycles. The van der Waals surface area contributed by atoms with Gasteiger partial charge in [-0.2, -0.15) is 0 Å². The number of rotatable bonds is 3. The van der Waals surface area contributed by atoms with Gasteiger partial charge in [0.15, 0.2) is 0 Å². The minimum absolute atomic E-state index is 0. The van der Waals surface area contributed by atoms with Crippen LogP contribution in [0.25, 0.3) is 0 Å². The van der Waals surface area contributed by atoms with Crippen molar-refractivity contribution in [2.24, 2.45) is 0 Å². The predicted octanol–water partition coefficient (Wildman–Crippen LogP) is -3.18. The molecule has 15 heavy (non-hydrogen) atoms. The third-order valence-corrected chi connectivity index (χ3v) is 1.75. The number of carboxylic acids is 1. The van der Waals surface area contributed by atoms with Crippen LogP contribution in [0.1, 0.15) is 10.4 Å². The fourth-order valence-corrected chi connectivity index (χ4v) is 0.982. The SMILES string of the molecule is O=C([O-])CNC(=O)c1ccc(Cl)cc1.[K+]. The second-order valence-electron chi connectivity index (χ2n) is 2.56. The Bertz CT molecular complexity index is 353. The molecular formula is C9H7ClKNO3. The molecule has 74 valence electrons. The number of aliphatic carboxylic acids is 1. The molecule has 0 spiro atoms. The van der Waals surface area contributed by atoms with Crippen molar-refractivity contribution in [2.45, 2.75) is 0 Å². The smallest absolute Gasteiger partial charge is 0.548 e. The van der Waals surface area contributed by atoms with E-state index in [0.29, 0.717) is 10.6 Å². The number of carbonyl (C=O) groups is 2. The van der Waals surface area contributed by atoms with Crippen LogP contribution in [0.2, 0.25) is 5.02 Å². The number of hydrogen-bond acceptors (Lipinski definition) is 3. The molecule has 0 radical (unpaired) electrons. The van der Waals surface area contributed by atoms with Gasteiger partial charge in [0.05, 0.1) is 12.5 Å². The maximum Gasteiger partial charge on any atom is 1.00 e. The monoisotopic (exact) mass is 251 g/mol. The van der Waals surface area contributed by atoms with Crippen LogP contribution in [-0.4, -0.2) is 18.4 Å². The largest absolute Gasteiger partial charge is 1.00 e. The number of hydrogen-bond donors (Lipinski definition) is 1. The molecule has 6 heteroatoms. The molecule has 0 atom stereocenters. The zero-order chi connectivity index (χ0) is 10.6. The van der Waals surface area contributed by atoms with Gasteiger partial charge in [-0.3, -0.25) is 4.79 Å². The van der Waals surface area contributed by atoms with Crippen molar-refractivity contribution in [1.29, 1.82) is 0 Å². The summed E-state index contributed by atoms with van der Waals surface area (Å²) in [5.41, 5.74) is 0.357. The molecule has 0 aliphatic heterocycles. The molecular weight excluding hydrogens is 245 g/mol. The summed E-state index contributed by atoms with van der Waals surface area (Å²) < 4.78 is 0. The van der Waals surface area contributed by atoms with E-state index in [1.807, 2.05) is 0 Å². The van der Waals surface area contributed by atoms with Gasteiger partial charge in [-0.1, -0.05) is 11.6 Å². The Hall–Kier alpha value is 0.0864. The molecule has 1 aromatic rings. The van der Waals surface area contributed by atoms with Crippen molar-refractivity contribution in [1.82, 2.24) is 5.32 Å². The second kappa shape index (κ2) is 7.37. The molecule has 1 amide bonds. The standard InChI is InChI=1S/C9H8ClNO3.K/c10-7-3-1-6(2-4-7)9(14)11-5-8(12)13;/h1-4H,5H2,(H,11,14)(H,12,13);/q;+1/p-1. The van der Waals surface area contributed by atoms with Gasteiger partial charge in [0.25, 0.3) is 5.91 Å². The molecule has 0 aliphatic rings. The van der Waals surface area contributed by atoms with Crippen molar-refractivity contribution < 1.29 is 66.1 Å². The second-order valence-corrected chi connectivity index (χ2v) is 3.00. The van der Waals surface area contributed by atoms with Gasteiger partial charge in [-0.25, -0.2) is 0 Å². The first-order chi connectivity index (χ1) is 6.59. The molecule has 0 fully saturated rings. The van der Waals surface area contributed by atoms with E-state index in [2.05, 4.69) is 5.32 Å². The molecule has 0 bridgehead atoms. The average Bonchev–Trinajstić information content (AvgIpc) is 2.15. The van der Waals surface area contributed by atoms with Crippen LogP contribution in [0.3, 0.4) is 0 Å². The molecule has 1 N–H and O–H groups in total. The molecule has 4 nitrogen and oxygen atoms in total. The Labute approximate surface area is 134 Å². The summed E-state index contributed by atoms with van der Waals surface area (Å²) >= 11 is 5.61. The minimum Gasteiger partial charge on any atom is -0.548 e. The van der Waals surface area contributed by atoms with E-state index in [9.17, 15) is 14.7 Å². The normalized spacial score (nSPS) is 8.87. The van der Waals surface area contributed by atoms with Gasteiger partial charge >= 0.3 is 51.4 Å².